The SMILES string of the molecule is C=CCOC(=O)Cl.CC.CC. The Labute approximate surface area is 74.2 Å². The Hall–Kier alpha value is -0.500. The molecule has 0 aromatic heterocycles. The molecule has 0 rings (SSSR count). The molecule has 0 aromatic carbocycles. The van der Waals surface area contributed by atoms with Crippen LogP contribution in [-0.2, 0) is 4.74 Å². The summed E-state index contributed by atoms with van der Waals surface area (Å²) in [5, 5.41) is 0. The van der Waals surface area contributed by atoms with Gasteiger partial charge in [0.1, 0.15) is 6.61 Å². The molecule has 0 atom stereocenters. The highest BCUT2D eigenvalue weighted by atomic mass is 35.5. The zero-order chi connectivity index (χ0) is 9.70. The van der Waals surface area contributed by atoms with Gasteiger partial charge in [0.05, 0.1) is 0 Å². The van der Waals surface area contributed by atoms with Crippen molar-refractivity contribution in [1.29, 1.82) is 0 Å². The summed E-state index contributed by atoms with van der Waals surface area (Å²) in [4.78, 5) is 9.70. The number of carbonyl (C=O) groups excluding carboxylic acids is 1. The van der Waals surface area contributed by atoms with Gasteiger partial charge in [0.25, 0.3) is 0 Å². The number of rotatable bonds is 2. The van der Waals surface area contributed by atoms with Gasteiger partial charge >= 0.3 is 5.43 Å². The fourth-order valence-electron chi connectivity index (χ4n) is 0.124. The van der Waals surface area contributed by atoms with Crippen molar-refractivity contribution in [3.05, 3.63) is 12.7 Å². The van der Waals surface area contributed by atoms with Crippen molar-refractivity contribution in [1.82, 2.24) is 0 Å². The summed E-state index contributed by atoms with van der Waals surface area (Å²) in [5.41, 5.74) is -0.792. The highest BCUT2D eigenvalue weighted by Gasteiger charge is 1.87. The van der Waals surface area contributed by atoms with E-state index in [1.54, 1.807) is 0 Å². The Morgan fingerprint density at radius 1 is 1.45 bits per heavy atom. The van der Waals surface area contributed by atoms with Crippen LogP contribution in [0.3, 0.4) is 0 Å². The number of ether oxygens (including phenoxy) is 1. The molecule has 11 heavy (non-hydrogen) atoms. The second-order valence-electron chi connectivity index (χ2n) is 0.837. The van der Waals surface area contributed by atoms with Crippen LogP contribution in [0.25, 0.3) is 0 Å². The minimum Gasteiger partial charge on any atom is -0.449 e. The maximum atomic E-state index is 9.70. The van der Waals surface area contributed by atoms with E-state index in [0.717, 1.165) is 0 Å². The number of carbonyl (C=O) groups is 1. The Morgan fingerprint density at radius 3 is 1.91 bits per heavy atom. The first-order chi connectivity index (χ1) is 5.27. The van der Waals surface area contributed by atoms with Gasteiger partial charge in [0, 0.05) is 11.6 Å². The first kappa shape index (κ1) is 16.8. The average Bonchev–Trinajstić information content (AvgIpc) is 2.08. The van der Waals surface area contributed by atoms with Crippen molar-refractivity contribution in [2.24, 2.45) is 0 Å². The molecule has 0 amide bonds. The summed E-state index contributed by atoms with van der Waals surface area (Å²) in [6.07, 6.45) is 1.44. The molecule has 0 heterocycles. The third-order valence-electron chi connectivity index (χ3n) is 0.315. The third-order valence-corrected chi connectivity index (χ3v) is 0.424. The predicted molar refractivity (Wildman–Crippen MR) is 50.1 cm³/mol. The van der Waals surface area contributed by atoms with Crippen LogP contribution in [0.5, 0.6) is 0 Å². The van der Waals surface area contributed by atoms with E-state index >= 15 is 0 Å². The van der Waals surface area contributed by atoms with Crippen molar-refractivity contribution < 1.29 is 9.53 Å². The minimum absolute atomic E-state index is 0.183. The molecule has 0 fully saturated rings. The quantitative estimate of drug-likeness (QED) is 0.480. The maximum Gasteiger partial charge on any atom is 0.404 e. The molecule has 0 bridgehead atoms. The van der Waals surface area contributed by atoms with Crippen molar-refractivity contribution in [3.63, 3.8) is 0 Å². The molecule has 0 radical (unpaired) electrons. The van der Waals surface area contributed by atoms with E-state index in [-0.39, 0.29) is 6.61 Å². The Kier molecular flexibility index (Phi) is 34.8. The van der Waals surface area contributed by atoms with Gasteiger partial charge in [0.2, 0.25) is 0 Å². The summed E-state index contributed by atoms with van der Waals surface area (Å²) >= 11 is 4.75. The molecular weight excluding hydrogens is 164 g/mol. The number of halogens is 1. The summed E-state index contributed by atoms with van der Waals surface area (Å²) in [6.45, 7) is 11.5. The molecule has 0 aliphatic rings. The van der Waals surface area contributed by atoms with Crippen LogP contribution >= 0.6 is 11.6 Å². The standard InChI is InChI=1S/C4H5ClO2.2C2H6/c1-2-3-7-4(5)6;2*1-2/h2H,1,3H2;2*1-2H3. The number of hydrogen-bond acceptors (Lipinski definition) is 2. The van der Waals surface area contributed by atoms with E-state index in [1.165, 1.54) is 6.08 Å². The molecule has 0 aliphatic heterocycles. The fraction of sp³-hybridized carbons (Fsp3) is 0.625. The minimum atomic E-state index is -0.792. The molecule has 3 heteroatoms. The van der Waals surface area contributed by atoms with Crippen LogP contribution in [-0.4, -0.2) is 12.0 Å². The predicted octanol–water partition coefficient (Wildman–Crippen LogP) is 3.60. The zero-order valence-electron chi connectivity index (χ0n) is 7.69. The first-order valence-corrected chi connectivity index (χ1v) is 4.08. The van der Waals surface area contributed by atoms with Crippen LogP contribution in [0.15, 0.2) is 12.7 Å². The highest BCUT2D eigenvalue weighted by molar-refractivity contribution is 6.61. The van der Waals surface area contributed by atoms with E-state index in [9.17, 15) is 4.79 Å². The van der Waals surface area contributed by atoms with Gasteiger partial charge in [-0.3, -0.25) is 0 Å². The van der Waals surface area contributed by atoms with E-state index in [1.807, 2.05) is 27.7 Å². The first-order valence-electron chi connectivity index (χ1n) is 3.70. The lowest BCUT2D eigenvalue weighted by atomic mass is 10.7. The Bertz CT molecular complexity index is 82.2. The molecule has 0 unspecified atom stereocenters. The summed E-state index contributed by atoms with van der Waals surface area (Å²) in [7, 11) is 0. The molecule has 0 aliphatic carbocycles. The van der Waals surface area contributed by atoms with E-state index in [4.69, 9.17) is 11.6 Å². The zero-order valence-corrected chi connectivity index (χ0v) is 8.44. The molecule has 68 valence electrons. The van der Waals surface area contributed by atoms with Crippen molar-refractivity contribution >= 4 is 17.0 Å². The van der Waals surface area contributed by atoms with E-state index < -0.39 is 5.43 Å². The molecule has 0 N–H and O–H groups in total. The highest BCUT2D eigenvalue weighted by Crippen LogP contribution is 1.84. The lowest BCUT2D eigenvalue weighted by Crippen LogP contribution is -1.90. The van der Waals surface area contributed by atoms with Crippen molar-refractivity contribution in [2.75, 3.05) is 6.61 Å². The summed E-state index contributed by atoms with van der Waals surface area (Å²) < 4.78 is 4.20. The van der Waals surface area contributed by atoms with Crippen LogP contribution in [0.1, 0.15) is 27.7 Å². The van der Waals surface area contributed by atoms with Crippen LogP contribution in [0.4, 0.5) is 4.79 Å². The molecule has 0 saturated heterocycles. The largest absolute Gasteiger partial charge is 0.449 e. The summed E-state index contributed by atoms with van der Waals surface area (Å²) in [6, 6.07) is 0. The molecule has 0 spiro atoms. The van der Waals surface area contributed by atoms with Gasteiger partial charge in [-0.15, -0.1) is 0 Å². The molecular formula is C8H17ClO2. The monoisotopic (exact) mass is 180 g/mol. The van der Waals surface area contributed by atoms with Gasteiger partial charge < -0.3 is 4.74 Å². The fourth-order valence-corrected chi connectivity index (χ4v) is 0.187. The lowest BCUT2D eigenvalue weighted by molar-refractivity contribution is 0.186. The van der Waals surface area contributed by atoms with Crippen molar-refractivity contribution in [3.8, 4) is 0 Å². The van der Waals surface area contributed by atoms with Gasteiger partial charge in [-0.25, -0.2) is 4.79 Å². The van der Waals surface area contributed by atoms with Crippen LogP contribution in [0, 0.1) is 0 Å². The van der Waals surface area contributed by atoms with E-state index in [2.05, 4.69) is 11.3 Å². The van der Waals surface area contributed by atoms with Gasteiger partial charge in [-0.2, -0.15) is 0 Å². The third kappa shape index (κ3) is 43.6. The Balaban J connectivity index is -0.000000138. The average molecular weight is 181 g/mol. The lowest BCUT2D eigenvalue weighted by Gasteiger charge is -1.88. The van der Waals surface area contributed by atoms with Crippen LogP contribution in [0.2, 0.25) is 0 Å². The normalized spacial score (nSPS) is 5.91. The Morgan fingerprint density at radius 2 is 1.82 bits per heavy atom. The molecule has 2 nitrogen and oxygen atoms in total. The van der Waals surface area contributed by atoms with Gasteiger partial charge in [-0.1, -0.05) is 40.3 Å². The number of hydrogen-bond donors (Lipinski definition) is 0. The topological polar surface area (TPSA) is 26.3 Å². The molecule has 0 aromatic rings. The summed E-state index contributed by atoms with van der Waals surface area (Å²) in [5.74, 6) is 0. The second-order valence-corrected chi connectivity index (χ2v) is 1.15. The molecule has 0 saturated carbocycles. The second kappa shape index (κ2) is 22.7. The van der Waals surface area contributed by atoms with Gasteiger partial charge in [-0.05, 0) is 0 Å². The maximum absolute atomic E-state index is 9.70. The van der Waals surface area contributed by atoms with Gasteiger partial charge in [0.15, 0.2) is 0 Å². The van der Waals surface area contributed by atoms with Crippen molar-refractivity contribution in [2.45, 2.75) is 27.7 Å². The van der Waals surface area contributed by atoms with E-state index in [0.29, 0.717) is 0 Å². The smallest absolute Gasteiger partial charge is 0.404 e. The van der Waals surface area contributed by atoms with Crippen LogP contribution < -0.4 is 0 Å².